The van der Waals surface area contributed by atoms with Gasteiger partial charge in [-0.3, -0.25) is 4.79 Å². The molecule has 1 saturated heterocycles. The van der Waals surface area contributed by atoms with Crippen molar-refractivity contribution in [3.8, 4) is 5.40 Å². The van der Waals surface area contributed by atoms with Gasteiger partial charge in [-0.2, -0.15) is 5.26 Å². The van der Waals surface area contributed by atoms with Crippen molar-refractivity contribution in [1.82, 2.24) is 4.90 Å². The standard InChI is InChI=1S/C10H16N2OS/c1-8-4-3-5-9(2)12(8)10(13)6-14-7-11/h8-9H,3-6H2,1-2H3. The fourth-order valence-corrected chi connectivity index (χ4v) is 2.42. The fourth-order valence-electron chi connectivity index (χ4n) is 2.08. The van der Waals surface area contributed by atoms with E-state index < -0.39 is 0 Å². The lowest BCUT2D eigenvalue weighted by atomic mass is 9.98. The molecule has 2 unspecified atom stereocenters. The van der Waals surface area contributed by atoms with Gasteiger partial charge in [0.05, 0.1) is 5.75 Å². The summed E-state index contributed by atoms with van der Waals surface area (Å²) in [6, 6.07) is 0.677. The number of hydrogen-bond donors (Lipinski definition) is 0. The van der Waals surface area contributed by atoms with E-state index in [1.165, 1.54) is 6.42 Å². The molecular weight excluding hydrogens is 196 g/mol. The van der Waals surface area contributed by atoms with Crippen molar-refractivity contribution in [2.24, 2.45) is 0 Å². The molecule has 3 nitrogen and oxygen atoms in total. The largest absolute Gasteiger partial charge is 0.337 e. The van der Waals surface area contributed by atoms with Gasteiger partial charge >= 0.3 is 0 Å². The average Bonchev–Trinajstić information content (AvgIpc) is 2.14. The Morgan fingerprint density at radius 3 is 2.57 bits per heavy atom. The number of hydrogen-bond acceptors (Lipinski definition) is 3. The van der Waals surface area contributed by atoms with Gasteiger partial charge in [0.15, 0.2) is 0 Å². The van der Waals surface area contributed by atoms with Crippen LogP contribution in [-0.2, 0) is 4.79 Å². The molecule has 4 heteroatoms. The van der Waals surface area contributed by atoms with Gasteiger partial charge in [-0.15, -0.1) is 0 Å². The first kappa shape index (κ1) is 11.4. The molecule has 0 aromatic rings. The van der Waals surface area contributed by atoms with Crippen LogP contribution in [0.4, 0.5) is 0 Å². The lowest BCUT2D eigenvalue weighted by Crippen LogP contribution is -2.48. The van der Waals surface area contributed by atoms with E-state index in [4.69, 9.17) is 5.26 Å². The predicted molar refractivity (Wildman–Crippen MR) is 57.7 cm³/mol. The topological polar surface area (TPSA) is 44.1 Å². The first-order valence-corrected chi connectivity index (χ1v) is 5.97. The van der Waals surface area contributed by atoms with Crippen LogP contribution in [0.1, 0.15) is 33.1 Å². The summed E-state index contributed by atoms with van der Waals surface area (Å²) in [5.41, 5.74) is 0. The van der Waals surface area contributed by atoms with Crippen molar-refractivity contribution in [1.29, 1.82) is 5.26 Å². The number of rotatable bonds is 2. The third-order valence-corrected chi connectivity index (χ3v) is 3.26. The molecular formula is C10H16N2OS. The third-order valence-electron chi connectivity index (χ3n) is 2.74. The highest BCUT2D eigenvalue weighted by Crippen LogP contribution is 2.23. The lowest BCUT2D eigenvalue weighted by molar-refractivity contribution is -0.134. The second-order valence-electron chi connectivity index (χ2n) is 3.81. The number of amides is 1. The normalized spacial score (nSPS) is 27.1. The Kier molecular flexibility index (Phi) is 4.27. The Hall–Kier alpha value is -0.690. The van der Waals surface area contributed by atoms with Gasteiger partial charge in [0.2, 0.25) is 5.91 Å². The molecule has 1 heterocycles. The van der Waals surface area contributed by atoms with Crippen molar-refractivity contribution in [3.05, 3.63) is 0 Å². The predicted octanol–water partition coefficient (Wildman–Crippen LogP) is 1.99. The van der Waals surface area contributed by atoms with E-state index in [2.05, 4.69) is 13.8 Å². The molecule has 0 spiro atoms. The van der Waals surface area contributed by atoms with Crippen LogP contribution in [0.15, 0.2) is 0 Å². The monoisotopic (exact) mass is 212 g/mol. The Bertz CT molecular complexity index is 239. The molecule has 1 fully saturated rings. The summed E-state index contributed by atoms with van der Waals surface area (Å²) in [5, 5.41) is 10.3. The molecule has 1 aliphatic rings. The number of thiocyanates is 1. The average molecular weight is 212 g/mol. The Labute approximate surface area is 89.5 Å². The van der Waals surface area contributed by atoms with Crippen LogP contribution in [0.25, 0.3) is 0 Å². The van der Waals surface area contributed by atoms with E-state index in [-0.39, 0.29) is 5.91 Å². The highest BCUT2D eigenvalue weighted by molar-refractivity contribution is 8.04. The third kappa shape index (κ3) is 2.65. The van der Waals surface area contributed by atoms with Crippen LogP contribution >= 0.6 is 11.8 Å². The minimum absolute atomic E-state index is 0.108. The maximum absolute atomic E-state index is 11.7. The smallest absolute Gasteiger partial charge is 0.234 e. The minimum Gasteiger partial charge on any atom is -0.337 e. The van der Waals surface area contributed by atoms with Gasteiger partial charge in [0.1, 0.15) is 5.40 Å². The van der Waals surface area contributed by atoms with Crippen molar-refractivity contribution in [2.45, 2.75) is 45.2 Å². The molecule has 1 rings (SSSR count). The zero-order valence-electron chi connectivity index (χ0n) is 8.69. The zero-order chi connectivity index (χ0) is 10.6. The van der Waals surface area contributed by atoms with Crippen LogP contribution in [0, 0.1) is 10.7 Å². The Balaban J connectivity index is 2.54. The molecule has 0 aromatic heterocycles. The highest BCUT2D eigenvalue weighted by atomic mass is 32.2. The molecule has 1 aliphatic heterocycles. The van der Waals surface area contributed by atoms with Crippen LogP contribution in [0.2, 0.25) is 0 Å². The summed E-state index contributed by atoms with van der Waals surface area (Å²) in [5.74, 6) is 0.404. The summed E-state index contributed by atoms with van der Waals surface area (Å²) < 4.78 is 0. The van der Waals surface area contributed by atoms with Crippen LogP contribution in [0.5, 0.6) is 0 Å². The van der Waals surface area contributed by atoms with Gasteiger partial charge in [-0.05, 0) is 44.9 Å². The van der Waals surface area contributed by atoms with Crippen LogP contribution < -0.4 is 0 Å². The molecule has 1 amide bonds. The van der Waals surface area contributed by atoms with Crippen molar-refractivity contribution >= 4 is 17.7 Å². The molecule has 0 aromatic carbocycles. The Morgan fingerprint density at radius 2 is 2.07 bits per heavy atom. The molecule has 0 N–H and O–H groups in total. The van der Waals surface area contributed by atoms with Crippen molar-refractivity contribution in [3.63, 3.8) is 0 Å². The van der Waals surface area contributed by atoms with Gasteiger partial charge < -0.3 is 4.90 Å². The van der Waals surface area contributed by atoms with E-state index in [0.717, 1.165) is 24.6 Å². The van der Waals surface area contributed by atoms with Gasteiger partial charge in [0.25, 0.3) is 0 Å². The second kappa shape index (κ2) is 5.26. The second-order valence-corrected chi connectivity index (χ2v) is 4.57. The molecule has 0 aliphatic carbocycles. The quantitative estimate of drug-likeness (QED) is 0.657. The number of carbonyl (C=O) groups excluding carboxylic acids is 1. The summed E-state index contributed by atoms with van der Waals surface area (Å²) >= 11 is 1.03. The molecule has 2 atom stereocenters. The number of piperidine rings is 1. The first-order chi connectivity index (χ1) is 6.66. The number of nitrogens with zero attached hydrogens (tertiary/aromatic N) is 2. The lowest BCUT2D eigenvalue weighted by Gasteiger charge is -2.38. The van der Waals surface area contributed by atoms with E-state index in [1.807, 2.05) is 10.3 Å². The molecule has 0 saturated carbocycles. The summed E-state index contributed by atoms with van der Waals surface area (Å²) in [6.45, 7) is 4.18. The Morgan fingerprint density at radius 1 is 1.50 bits per heavy atom. The highest BCUT2D eigenvalue weighted by Gasteiger charge is 2.28. The molecule has 78 valence electrons. The van der Waals surface area contributed by atoms with Crippen molar-refractivity contribution < 1.29 is 4.79 Å². The number of thioether (sulfide) groups is 1. The maximum atomic E-state index is 11.7. The molecule has 0 bridgehead atoms. The summed E-state index contributed by atoms with van der Waals surface area (Å²) in [7, 11) is 0. The van der Waals surface area contributed by atoms with E-state index >= 15 is 0 Å². The van der Waals surface area contributed by atoms with Crippen LogP contribution in [0.3, 0.4) is 0 Å². The van der Waals surface area contributed by atoms with Gasteiger partial charge in [-0.25, -0.2) is 0 Å². The number of nitriles is 1. The molecule has 0 radical (unpaired) electrons. The van der Waals surface area contributed by atoms with Gasteiger partial charge in [0, 0.05) is 12.1 Å². The summed E-state index contributed by atoms with van der Waals surface area (Å²) in [4.78, 5) is 13.7. The fraction of sp³-hybridized carbons (Fsp3) is 0.800. The zero-order valence-corrected chi connectivity index (χ0v) is 9.51. The van der Waals surface area contributed by atoms with E-state index in [1.54, 1.807) is 0 Å². The molecule has 14 heavy (non-hydrogen) atoms. The SMILES string of the molecule is CC1CCCC(C)N1C(=O)CSC#N. The van der Waals surface area contributed by atoms with E-state index in [0.29, 0.717) is 17.8 Å². The number of likely N-dealkylation sites (tertiary alicyclic amines) is 1. The van der Waals surface area contributed by atoms with E-state index in [9.17, 15) is 4.79 Å². The van der Waals surface area contributed by atoms with Crippen LogP contribution in [-0.4, -0.2) is 28.6 Å². The summed E-state index contributed by atoms with van der Waals surface area (Å²) in [6.07, 6.45) is 3.39. The first-order valence-electron chi connectivity index (χ1n) is 4.99. The maximum Gasteiger partial charge on any atom is 0.234 e. The minimum atomic E-state index is 0.108. The van der Waals surface area contributed by atoms with Crippen molar-refractivity contribution in [2.75, 3.05) is 5.75 Å². The number of carbonyl (C=O) groups is 1. The van der Waals surface area contributed by atoms with Gasteiger partial charge in [-0.1, -0.05) is 0 Å².